The number of aliphatic hydroxyl groups excluding tert-OH is 1. The molecule has 1 aliphatic heterocycles. The molecule has 1 unspecified atom stereocenters. The van der Waals surface area contributed by atoms with Crippen molar-refractivity contribution in [3.63, 3.8) is 0 Å². The van der Waals surface area contributed by atoms with Gasteiger partial charge in [0.25, 0.3) is 0 Å². The van der Waals surface area contributed by atoms with Crippen LogP contribution >= 0.6 is 0 Å². The number of hydrogen-bond acceptors (Lipinski definition) is 3. The normalized spacial score (nSPS) is 17.8. The summed E-state index contributed by atoms with van der Waals surface area (Å²) in [5.41, 5.74) is 2.48. The van der Waals surface area contributed by atoms with E-state index in [0.29, 0.717) is 5.92 Å². The Kier molecular flexibility index (Phi) is 3.74. The van der Waals surface area contributed by atoms with Crippen molar-refractivity contribution >= 4 is 0 Å². The monoisotopic (exact) mass is 272 g/mol. The fourth-order valence-corrected chi connectivity index (χ4v) is 2.83. The maximum atomic E-state index is 9.35. The molecule has 3 rings (SSSR count). The van der Waals surface area contributed by atoms with Gasteiger partial charge in [0, 0.05) is 37.4 Å². The molecule has 1 atom stereocenters. The van der Waals surface area contributed by atoms with Crippen LogP contribution in [0.15, 0.2) is 30.5 Å². The largest absolute Gasteiger partial charge is 0.497 e. The van der Waals surface area contributed by atoms with Crippen molar-refractivity contribution in [2.24, 2.45) is 5.92 Å². The average Bonchev–Trinajstić information content (AvgIpc) is 2.89. The first-order valence-corrected chi connectivity index (χ1v) is 7.07. The Morgan fingerprint density at radius 1 is 1.45 bits per heavy atom. The quantitative estimate of drug-likeness (QED) is 0.926. The molecule has 0 saturated carbocycles. The maximum absolute atomic E-state index is 9.35. The summed E-state index contributed by atoms with van der Waals surface area (Å²) in [4.78, 5) is 4.56. The Morgan fingerprint density at radius 3 is 3.15 bits per heavy atom. The van der Waals surface area contributed by atoms with Crippen LogP contribution in [-0.4, -0.2) is 28.4 Å². The van der Waals surface area contributed by atoms with E-state index in [1.165, 1.54) is 11.3 Å². The molecule has 0 saturated heterocycles. The fraction of sp³-hybridized carbons (Fsp3) is 0.438. The van der Waals surface area contributed by atoms with Gasteiger partial charge in [-0.1, -0.05) is 12.1 Å². The van der Waals surface area contributed by atoms with E-state index in [2.05, 4.69) is 15.6 Å². The molecule has 1 aromatic heterocycles. The van der Waals surface area contributed by atoms with Crippen molar-refractivity contribution < 1.29 is 9.84 Å². The zero-order valence-electron chi connectivity index (χ0n) is 11.7. The van der Waals surface area contributed by atoms with Crippen molar-refractivity contribution in [3.8, 4) is 5.75 Å². The number of fused-ring (bicyclic) bond motifs is 1. The summed E-state index contributed by atoms with van der Waals surface area (Å²) in [6, 6.07) is 8.10. The van der Waals surface area contributed by atoms with Crippen LogP contribution in [-0.2, 0) is 19.4 Å². The summed E-state index contributed by atoms with van der Waals surface area (Å²) in [5.74, 6) is 2.31. The number of imidazole rings is 1. The highest BCUT2D eigenvalue weighted by Crippen LogP contribution is 2.23. The standard InChI is InChI=1S/C16H20N2O2/c1-20-15-4-2-3-12(7-15)8-16-17-9-14-6-5-13(11-19)10-18(14)16/h2-4,7,9,13,19H,5-6,8,10-11H2,1H3. The van der Waals surface area contributed by atoms with Crippen molar-refractivity contribution in [1.29, 1.82) is 0 Å². The highest BCUT2D eigenvalue weighted by molar-refractivity contribution is 5.30. The minimum Gasteiger partial charge on any atom is -0.497 e. The Balaban J connectivity index is 1.83. The summed E-state index contributed by atoms with van der Waals surface area (Å²) in [7, 11) is 1.68. The van der Waals surface area contributed by atoms with Crippen molar-refractivity contribution in [3.05, 3.63) is 47.5 Å². The van der Waals surface area contributed by atoms with Crippen molar-refractivity contribution in [2.45, 2.75) is 25.8 Å². The molecule has 0 spiro atoms. The molecule has 4 nitrogen and oxygen atoms in total. The van der Waals surface area contributed by atoms with Crippen molar-refractivity contribution in [2.75, 3.05) is 13.7 Å². The lowest BCUT2D eigenvalue weighted by atomic mass is 9.99. The summed E-state index contributed by atoms with van der Waals surface area (Å²) in [5, 5.41) is 9.35. The van der Waals surface area contributed by atoms with Crippen LogP contribution in [0, 0.1) is 5.92 Å². The van der Waals surface area contributed by atoms with E-state index in [-0.39, 0.29) is 6.61 Å². The topological polar surface area (TPSA) is 47.3 Å². The Labute approximate surface area is 119 Å². The number of aromatic nitrogens is 2. The maximum Gasteiger partial charge on any atom is 0.119 e. The minimum atomic E-state index is 0.260. The number of ether oxygens (including phenoxy) is 1. The number of nitrogens with zero attached hydrogens (tertiary/aromatic N) is 2. The molecule has 2 aromatic rings. The molecule has 106 valence electrons. The van der Waals surface area contributed by atoms with Crippen LogP contribution in [0.2, 0.25) is 0 Å². The molecule has 4 heteroatoms. The predicted octanol–water partition coefficient (Wildman–Crippen LogP) is 2.04. The van der Waals surface area contributed by atoms with Gasteiger partial charge in [-0.3, -0.25) is 0 Å². The molecular formula is C16H20N2O2. The minimum absolute atomic E-state index is 0.260. The van der Waals surface area contributed by atoms with E-state index in [4.69, 9.17) is 4.74 Å². The molecule has 1 aliphatic rings. The number of benzene rings is 1. The van der Waals surface area contributed by atoms with Gasteiger partial charge in [0.1, 0.15) is 11.6 Å². The smallest absolute Gasteiger partial charge is 0.119 e. The molecule has 0 aliphatic carbocycles. The molecule has 20 heavy (non-hydrogen) atoms. The van der Waals surface area contributed by atoms with Crippen LogP contribution < -0.4 is 4.74 Å². The summed E-state index contributed by atoms with van der Waals surface area (Å²) in [6.45, 7) is 1.14. The third-order valence-corrected chi connectivity index (χ3v) is 4.02. The highest BCUT2D eigenvalue weighted by atomic mass is 16.5. The SMILES string of the molecule is COc1cccc(Cc2ncc3n2CC(CO)CC3)c1. The number of aryl methyl sites for hydroxylation is 1. The molecule has 0 radical (unpaired) electrons. The molecular weight excluding hydrogens is 252 g/mol. The summed E-state index contributed by atoms with van der Waals surface area (Å²) >= 11 is 0. The Hall–Kier alpha value is -1.81. The second-order valence-corrected chi connectivity index (χ2v) is 5.39. The van der Waals surface area contributed by atoms with Gasteiger partial charge in [0.05, 0.1) is 7.11 Å². The second-order valence-electron chi connectivity index (χ2n) is 5.39. The van der Waals surface area contributed by atoms with E-state index in [1.54, 1.807) is 7.11 Å². The van der Waals surface area contributed by atoms with Crippen LogP contribution in [0.25, 0.3) is 0 Å². The molecule has 0 amide bonds. The van der Waals surface area contributed by atoms with E-state index < -0.39 is 0 Å². The number of rotatable bonds is 4. The van der Waals surface area contributed by atoms with Gasteiger partial charge in [-0.2, -0.15) is 0 Å². The molecule has 0 fully saturated rings. The van der Waals surface area contributed by atoms with E-state index in [0.717, 1.165) is 37.4 Å². The highest BCUT2D eigenvalue weighted by Gasteiger charge is 2.20. The zero-order valence-corrected chi connectivity index (χ0v) is 11.7. The number of methoxy groups -OCH3 is 1. The Morgan fingerprint density at radius 2 is 2.35 bits per heavy atom. The van der Waals surface area contributed by atoms with Gasteiger partial charge >= 0.3 is 0 Å². The summed E-state index contributed by atoms with van der Waals surface area (Å²) < 4.78 is 7.53. The third kappa shape index (κ3) is 2.56. The van der Waals surface area contributed by atoms with Crippen LogP contribution in [0.3, 0.4) is 0 Å². The zero-order chi connectivity index (χ0) is 13.9. The second kappa shape index (κ2) is 5.67. The van der Waals surface area contributed by atoms with Gasteiger partial charge in [-0.05, 0) is 30.5 Å². The first kappa shape index (κ1) is 13.2. The van der Waals surface area contributed by atoms with Gasteiger partial charge in [-0.25, -0.2) is 4.98 Å². The van der Waals surface area contributed by atoms with E-state index >= 15 is 0 Å². The number of hydrogen-bond donors (Lipinski definition) is 1. The third-order valence-electron chi connectivity index (χ3n) is 4.02. The first-order chi connectivity index (χ1) is 9.80. The molecule has 1 aromatic carbocycles. The van der Waals surface area contributed by atoms with Crippen LogP contribution in [0.4, 0.5) is 0 Å². The number of aliphatic hydroxyl groups is 1. The van der Waals surface area contributed by atoms with Gasteiger partial charge in [0.15, 0.2) is 0 Å². The van der Waals surface area contributed by atoms with Gasteiger partial charge < -0.3 is 14.4 Å². The Bertz CT molecular complexity index is 592. The van der Waals surface area contributed by atoms with Crippen LogP contribution in [0.5, 0.6) is 5.75 Å². The summed E-state index contributed by atoms with van der Waals surface area (Å²) in [6.07, 6.45) is 4.84. The van der Waals surface area contributed by atoms with E-state index in [9.17, 15) is 5.11 Å². The lowest BCUT2D eigenvalue weighted by Gasteiger charge is -2.24. The van der Waals surface area contributed by atoms with Crippen LogP contribution in [0.1, 0.15) is 23.5 Å². The lowest BCUT2D eigenvalue weighted by Crippen LogP contribution is -2.24. The van der Waals surface area contributed by atoms with Gasteiger partial charge in [-0.15, -0.1) is 0 Å². The van der Waals surface area contributed by atoms with Gasteiger partial charge in [0.2, 0.25) is 0 Å². The molecule has 1 N–H and O–H groups in total. The van der Waals surface area contributed by atoms with Crippen molar-refractivity contribution in [1.82, 2.24) is 9.55 Å². The lowest BCUT2D eigenvalue weighted by molar-refractivity contribution is 0.190. The predicted molar refractivity (Wildman–Crippen MR) is 76.9 cm³/mol. The van der Waals surface area contributed by atoms with E-state index in [1.807, 2.05) is 24.4 Å². The first-order valence-electron chi connectivity index (χ1n) is 7.07. The average molecular weight is 272 g/mol. The fourth-order valence-electron chi connectivity index (χ4n) is 2.83. The molecule has 0 bridgehead atoms. The molecule has 2 heterocycles.